The van der Waals surface area contributed by atoms with Crippen molar-refractivity contribution in [1.82, 2.24) is 0 Å². The summed E-state index contributed by atoms with van der Waals surface area (Å²) in [4.78, 5) is 0. The number of halogens is 1. The van der Waals surface area contributed by atoms with Gasteiger partial charge in [0.05, 0.1) is 17.1 Å². The number of anilines is 1. The van der Waals surface area contributed by atoms with Gasteiger partial charge in [-0.25, -0.2) is 0 Å². The summed E-state index contributed by atoms with van der Waals surface area (Å²) in [6.07, 6.45) is 0. The van der Waals surface area contributed by atoms with Crippen LogP contribution in [-0.4, -0.2) is 16.6 Å². The molecule has 2 N–H and O–H groups in total. The number of hydrogen-bond acceptors (Lipinski definition) is 4. The summed E-state index contributed by atoms with van der Waals surface area (Å²) in [5.74, 6) is 0. The molecule has 0 atom stereocenters. The van der Waals surface area contributed by atoms with Gasteiger partial charge in [0.1, 0.15) is 0 Å². The van der Waals surface area contributed by atoms with Crippen LogP contribution in [0, 0.1) is 0 Å². The first-order valence-corrected chi connectivity index (χ1v) is 5.17. The fourth-order valence-corrected chi connectivity index (χ4v) is 1.09. The molecule has 15 heavy (non-hydrogen) atoms. The summed E-state index contributed by atoms with van der Waals surface area (Å²) in [7, 11) is 0. The van der Waals surface area contributed by atoms with Crippen LogP contribution in [0.5, 0.6) is 0 Å². The number of benzene rings is 1. The van der Waals surface area contributed by atoms with Crippen molar-refractivity contribution in [2.24, 2.45) is 10.3 Å². The van der Waals surface area contributed by atoms with E-state index >= 15 is 0 Å². The Hall–Kier alpha value is -1.36. The van der Waals surface area contributed by atoms with Gasteiger partial charge in [-0.1, -0.05) is 21.1 Å². The lowest BCUT2D eigenvalue weighted by Crippen LogP contribution is -2.07. The fourth-order valence-electron chi connectivity index (χ4n) is 0.826. The summed E-state index contributed by atoms with van der Waals surface area (Å²) in [6.45, 7) is 3.45. The molecule has 0 saturated carbocycles. The minimum atomic E-state index is 0.486. The maximum absolute atomic E-state index is 8.51. The van der Waals surface area contributed by atoms with Gasteiger partial charge in [0, 0.05) is 4.47 Å². The van der Waals surface area contributed by atoms with E-state index in [2.05, 4.69) is 31.6 Å². The van der Waals surface area contributed by atoms with Crippen LogP contribution in [0.15, 0.2) is 39.0 Å². The van der Waals surface area contributed by atoms with Gasteiger partial charge < -0.3 is 5.21 Å². The largest absolute Gasteiger partial charge is 0.411 e. The van der Waals surface area contributed by atoms with Gasteiger partial charge in [0.2, 0.25) is 0 Å². The van der Waals surface area contributed by atoms with Crippen LogP contribution in [0.4, 0.5) is 5.69 Å². The van der Waals surface area contributed by atoms with Crippen molar-refractivity contribution in [3.63, 3.8) is 0 Å². The highest BCUT2D eigenvalue weighted by molar-refractivity contribution is 9.10. The molecule has 5 heteroatoms. The number of nitrogens with zero attached hydrogens (tertiary/aromatic N) is 2. The smallest absolute Gasteiger partial charge is 0.0993 e. The van der Waals surface area contributed by atoms with Gasteiger partial charge in [0.15, 0.2) is 0 Å². The second-order valence-corrected chi connectivity index (χ2v) is 3.92. The minimum Gasteiger partial charge on any atom is -0.411 e. The van der Waals surface area contributed by atoms with Gasteiger partial charge >= 0.3 is 0 Å². The molecule has 0 unspecified atom stereocenters. The predicted octanol–water partition coefficient (Wildman–Crippen LogP) is 3.09. The van der Waals surface area contributed by atoms with Gasteiger partial charge in [-0.05, 0) is 38.1 Å². The molecule has 4 nitrogen and oxygen atoms in total. The second kappa shape index (κ2) is 5.50. The third kappa shape index (κ3) is 3.71. The lowest BCUT2D eigenvalue weighted by atomic mass is 10.3. The van der Waals surface area contributed by atoms with E-state index in [1.54, 1.807) is 13.8 Å². The van der Waals surface area contributed by atoms with Gasteiger partial charge in [-0.2, -0.15) is 5.10 Å². The molecule has 0 heterocycles. The lowest BCUT2D eigenvalue weighted by Gasteiger charge is -2.02. The lowest BCUT2D eigenvalue weighted by molar-refractivity contribution is 0.320. The molecule has 1 rings (SSSR count). The fraction of sp³-hybridized carbons (Fsp3) is 0.200. The molecular formula is C10H12BrN3O. The minimum absolute atomic E-state index is 0.486. The predicted molar refractivity (Wildman–Crippen MR) is 65.8 cm³/mol. The molecule has 80 valence electrons. The van der Waals surface area contributed by atoms with Crippen molar-refractivity contribution in [3.05, 3.63) is 28.7 Å². The first kappa shape index (κ1) is 11.7. The standard InChI is InChI=1S/C10H12BrN3O/c1-7(8(2)14-15)12-13-10-5-3-9(11)4-6-10/h3-6,13,15H,1-2H3. The van der Waals surface area contributed by atoms with Crippen LogP contribution in [0.1, 0.15) is 13.8 Å². The monoisotopic (exact) mass is 269 g/mol. The number of nitrogens with one attached hydrogen (secondary N) is 1. The Morgan fingerprint density at radius 1 is 1.20 bits per heavy atom. The summed E-state index contributed by atoms with van der Waals surface area (Å²) in [6, 6.07) is 7.62. The van der Waals surface area contributed by atoms with E-state index in [1.165, 1.54) is 0 Å². The van der Waals surface area contributed by atoms with Gasteiger partial charge in [-0.15, -0.1) is 0 Å². The Morgan fingerprint density at radius 2 is 1.80 bits per heavy atom. The molecule has 0 bridgehead atoms. The highest BCUT2D eigenvalue weighted by atomic mass is 79.9. The summed E-state index contributed by atoms with van der Waals surface area (Å²) >= 11 is 3.34. The molecule has 0 spiro atoms. The quantitative estimate of drug-likeness (QED) is 0.503. The SMILES string of the molecule is CC(=NO)C(C)=NNc1ccc(Br)cc1. The molecule has 0 radical (unpaired) electrons. The molecule has 0 aromatic heterocycles. The van der Waals surface area contributed by atoms with E-state index in [0.717, 1.165) is 10.2 Å². The van der Waals surface area contributed by atoms with Gasteiger partial charge in [0.25, 0.3) is 0 Å². The van der Waals surface area contributed by atoms with Crippen LogP contribution in [-0.2, 0) is 0 Å². The van der Waals surface area contributed by atoms with Crippen molar-refractivity contribution in [3.8, 4) is 0 Å². The van der Waals surface area contributed by atoms with E-state index in [0.29, 0.717) is 11.4 Å². The second-order valence-electron chi connectivity index (χ2n) is 3.00. The summed E-state index contributed by atoms with van der Waals surface area (Å²) in [5, 5.41) is 15.6. The Morgan fingerprint density at radius 3 is 2.33 bits per heavy atom. The number of hydrogen-bond donors (Lipinski definition) is 2. The molecule has 0 fully saturated rings. The number of oxime groups is 1. The summed E-state index contributed by atoms with van der Waals surface area (Å²) < 4.78 is 1.02. The maximum atomic E-state index is 8.51. The van der Waals surface area contributed by atoms with Crippen molar-refractivity contribution in [2.45, 2.75) is 13.8 Å². The molecular weight excluding hydrogens is 258 g/mol. The highest BCUT2D eigenvalue weighted by Crippen LogP contribution is 2.13. The number of rotatable bonds is 3. The normalized spacial score (nSPS) is 12.7. The number of hydrazone groups is 1. The van der Waals surface area contributed by atoms with Crippen molar-refractivity contribution in [1.29, 1.82) is 0 Å². The summed E-state index contributed by atoms with van der Waals surface area (Å²) in [5.41, 5.74) is 4.87. The van der Waals surface area contributed by atoms with Crippen molar-refractivity contribution in [2.75, 3.05) is 5.43 Å². The topological polar surface area (TPSA) is 57.0 Å². The zero-order valence-electron chi connectivity index (χ0n) is 8.53. The molecule has 0 saturated heterocycles. The van der Waals surface area contributed by atoms with Gasteiger partial charge in [-0.3, -0.25) is 5.43 Å². The molecule has 0 amide bonds. The van der Waals surface area contributed by atoms with Crippen LogP contribution < -0.4 is 5.43 Å². The Kier molecular flexibility index (Phi) is 4.30. The first-order chi connectivity index (χ1) is 7.13. The molecule has 1 aromatic carbocycles. The van der Waals surface area contributed by atoms with E-state index in [1.807, 2.05) is 24.3 Å². The molecule has 0 aliphatic rings. The zero-order chi connectivity index (χ0) is 11.3. The Labute approximate surface area is 96.8 Å². The van der Waals surface area contributed by atoms with Crippen molar-refractivity contribution < 1.29 is 5.21 Å². The zero-order valence-corrected chi connectivity index (χ0v) is 10.1. The van der Waals surface area contributed by atoms with E-state index < -0.39 is 0 Å². The maximum Gasteiger partial charge on any atom is 0.0993 e. The Balaban J connectivity index is 2.68. The van der Waals surface area contributed by atoms with E-state index in [4.69, 9.17) is 5.21 Å². The average Bonchev–Trinajstić information content (AvgIpc) is 2.26. The highest BCUT2D eigenvalue weighted by Gasteiger charge is 1.96. The first-order valence-electron chi connectivity index (χ1n) is 4.38. The molecule has 1 aromatic rings. The third-order valence-electron chi connectivity index (χ3n) is 1.87. The molecule has 0 aliphatic heterocycles. The van der Waals surface area contributed by atoms with Crippen LogP contribution >= 0.6 is 15.9 Å². The average molecular weight is 270 g/mol. The van der Waals surface area contributed by atoms with Crippen molar-refractivity contribution >= 4 is 33.0 Å². The molecule has 0 aliphatic carbocycles. The third-order valence-corrected chi connectivity index (χ3v) is 2.40. The van der Waals surface area contributed by atoms with Crippen LogP contribution in [0.3, 0.4) is 0 Å². The Bertz CT molecular complexity index is 384. The van der Waals surface area contributed by atoms with E-state index in [9.17, 15) is 0 Å². The van der Waals surface area contributed by atoms with Crippen LogP contribution in [0.2, 0.25) is 0 Å². The van der Waals surface area contributed by atoms with E-state index in [-0.39, 0.29) is 0 Å². The van der Waals surface area contributed by atoms with Crippen LogP contribution in [0.25, 0.3) is 0 Å².